The molecule has 0 spiro atoms. The molecule has 0 amide bonds. The quantitative estimate of drug-likeness (QED) is 0.0916. The normalized spacial score (nSPS) is 18.3. The van der Waals surface area contributed by atoms with Gasteiger partial charge in [-0.2, -0.15) is 9.10 Å². The summed E-state index contributed by atoms with van der Waals surface area (Å²) in [6.07, 6.45) is 0.0728. The van der Waals surface area contributed by atoms with E-state index in [4.69, 9.17) is 0 Å². The van der Waals surface area contributed by atoms with Gasteiger partial charge < -0.3 is 10.6 Å². The van der Waals surface area contributed by atoms with Crippen LogP contribution in [0.5, 0.6) is 0 Å². The first-order valence-corrected chi connectivity index (χ1v) is 16.5. The van der Waals surface area contributed by atoms with Crippen molar-refractivity contribution >= 4 is 38.8 Å². The Balaban J connectivity index is 1.45. The van der Waals surface area contributed by atoms with Crippen molar-refractivity contribution in [3.63, 3.8) is 0 Å². The lowest BCUT2D eigenvalue weighted by Crippen LogP contribution is -2.43. The molecule has 0 aromatic heterocycles. The minimum Gasteiger partial charge on any atom is -0.380 e. The fraction of sp³-hybridized carbons (Fsp3) is 0.171. The van der Waals surface area contributed by atoms with Gasteiger partial charge in [-0.3, -0.25) is 0 Å². The Labute approximate surface area is 256 Å². The molecule has 5 aromatic rings. The van der Waals surface area contributed by atoms with Gasteiger partial charge in [-0.15, -0.1) is 11.8 Å². The predicted molar refractivity (Wildman–Crippen MR) is 173 cm³/mol. The summed E-state index contributed by atoms with van der Waals surface area (Å²) in [4.78, 5) is 3.21. The number of aliphatic hydroxyl groups is 1. The van der Waals surface area contributed by atoms with E-state index in [2.05, 4.69) is 41.2 Å². The van der Waals surface area contributed by atoms with E-state index < -0.39 is 26.9 Å². The second-order valence-corrected chi connectivity index (χ2v) is 14.1. The molecule has 216 valence electrons. The molecule has 0 bridgehead atoms. The Morgan fingerprint density at radius 1 is 0.791 bits per heavy atom. The third-order valence-corrected chi connectivity index (χ3v) is 11.7. The largest absolute Gasteiger partial charge is 0.380 e. The number of aliphatic hydroxyl groups excluding tert-OH is 1. The summed E-state index contributed by atoms with van der Waals surface area (Å²) >= 11 is 1.69. The highest BCUT2D eigenvalue weighted by atomic mass is 32.2. The summed E-state index contributed by atoms with van der Waals surface area (Å²) in [6, 6.07) is 42.6. The summed E-state index contributed by atoms with van der Waals surface area (Å²) in [5, 5.41) is 12.6. The zero-order chi connectivity index (χ0) is 29.9. The van der Waals surface area contributed by atoms with Crippen LogP contribution in [0.15, 0.2) is 138 Å². The number of thioether (sulfide) groups is 1. The molecule has 6 nitrogen and oxygen atoms in total. The number of hydrogen-bond acceptors (Lipinski definition) is 4. The highest BCUT2D eigenvalue weighted by Gasteiger charge is 2.48. The van der Waals surface area contributed by atoms with Gasteiger partial charge in [-0.25, -0.2) is 8.42 Å². The van der Waals surface area contributed by atoms with E-state index in [1.54, 1.807) is 30.0 Å². The molecule has 1 N–H and O–H groups in total. The van der Waals surface area contributed by atoms with Crippen molar-refractivity contribution < 1.29 is 18.3 Å². The smallest absolute Gasteiger partial charge is 0.287 e. The molecule has 1 aliphatic heterocycles. The third kappa shape index (κ3) is 5.56. The molecule has 1 saturated heterocycles. The van der Waals surface area contributed by atoms with E-state index in [0.29, 0.717) is 6.42 Å². The van der Waals surface area contributed by atoms with Gasteiger partial charge in [0, 0.05) is 11.8 Å². The van der Waals surface area contributed by atoms with Gasteiger partial charge >= 0.3 is 0 Å². The lowest BCUT2D eigenvalue weighted by Gasteiger charge is -2.37. The average molecular weight is 606 g/mol. The molecule has 0 radical (unpaired) electrons. The molecule has 8 heteroatoms. The number of nitrogens with zero attached hydrogens (tertiary/aromatic N) is 3. The van der Waals surface area contributed by atoms with Crippen molar-refractivity contribution in [2.75, 3.05) is 6.54 Å². The summed E-state index contributed by atoms with van der Waals surface area (Å²) in [7, 11) is -4.01. The van der Waals surface area contributed by atoms with E-state index in [9.17, 15) is 19.1 Å². The third-order valence-electron chi connectivity index (χ3n) is 8.08. The van der Waals surface area contributed by atoms with Crippen LogP contribution in [0.2, 0.25) is 0 Å². The topological polar surface area (TPSA) is 94.0 Å². The second-order valence-electron chi connectivity index (χ2n) is 10.7. The second kappa shape index (κ2) is 12.3. The summed E-state index contributed by atoms with van der Waals surface area (Å²) < 4.78 is 29.2. The Kier molecular flexibility index (Phi) is 8.30. The molecule has 43 heavy (non-hydrogen) atoms. The molecule has 0 saturated carbocycles. The highest BCUT2D eigenvalue weighted by Crippen LogP contribution is 2.52. The van der Waals surface area contributed by atoms with Gasteiger partial charge in [-0.1, -0.05) is 121 Å². The highest BCUT2D eigenvalue weighted by molar-refractivity contribution is 8.01. The fourth-order valence-electron chi connectivity index (χ4n) is 6.07. The monoisotopic (exact) mass is 605 g/mol. The number of benzene rings is 5. The summed E-state index contributed by atoms with van der Waals surface area (Å²) in [5.74, 6) is 0. The predicted octanol–water partition coefficient (Wildman–Crippen LogP) is 6.36. The summed E-state index contributed by atoms with van der Waals surface area (Å²) in [6.45, 7) is 0.176. The van der Waals surface area contributed by atoms with Crippen LogP contribution in [0, 0.1) is 0 Å². The van der Waals surface area contributed by atoms with Crippen molar-refractivity contribution in [2.45, 2.75) is 33.5 Å². The molecule has 1 unspecified atom stereocenters. The molecule has 0 aliphatic carbocycles. The van der Waals surface area contributed by atoms with Gasteiger partial charge in [0.2, 0.25) is 10.0 Å². The average Bonchev–Trinajstić information content (AvgIpc) is 3.50. The molecule has 5 aromatic carbocycles. The van der Waals surface area contributed by atoms with Gasteiger partial charge in [0.1, 0.15) is 0 Å². The zero-order valence-electron chi connectivity index (χ0n) is 23.3. The van der Waals surface area contributed by atoms with Gasteiger partial charge in [0.05, 0.1) is 15.7 Å². The van der Waals surface area contributed by atoms with E-state index in [1.165, 1.54) is 4.31 Å². The number of fused-ring (bicyclic) bond motifs is 1. The van der Waals surface area contributed by atoms with E-state index >= 15 is 0 Å². The van der Waals surface area contributed by atoms with Crippen molar-refractivity contribution in [1.29, 1.82) is 0 Å². The lowest BCUT2D eigenvalue weighted by molar-refractivity contribution is -0.0147. The SMILES string of the molecule is [N-]=[N+]=CC(O)[C@@H]1C[C@@H](SC(c2ccccc2)(c2ccccc2)c2ccccc2)CN1S(=O)(=O)c1ccc2ccccc2c1. The Hall–Kier alpha value is -4.04. The van der Waals surface area contributed by atoms with Crippen molar-refractivity contribution in [1.82, 2.24) is 4.31 Å². The maximum atomic E-state index is 14.2. The standard InChI is InChI=1S/C35H31N3O3S2/c36-37-24-34(39)33-23-31(25-38(33)43(40,41)32-21-20-26-12-10-11-13-27(26)22-32)42-35(28-14-4-1-5-15-28,29-16-6-2-7-17-29)30-18-8-3-9-19-30/h1-22,24,31,33-34,39H,23,25H2/t31-,33+,34?/m1/s1. The van der Waals surface area contributed by atoms with Crippen LogP contribution < -0.4 is 0 Å². The zero-order valence-corrected chi connectivity index (χ0v) is 25.0. The van der Waals surface area contributed by atoms with Crippen LogP contribution in [-0.4, -0.2) is 52.8 Å². The maximum absolute atomic E-state index is 14.2. The number of rotatable bonds is 9. The van der Waals surface area contributed by atoms with Gasteiger partial charge in [0.15, 0.2) is 6.10 Å². The Morgan fingerprint density at radius 3 is 1.84 bits per heavy atom. The molecule has 3 atom stereocenters. The first-order chi connectivity index (χ1) is 20.9. The van der Waals surface area contributed by atoms with Gasteiger partial charge in [0.25, 0.3) is 6.21 Å². The Morgan fingerprint density at radius 2 is 1.30 bits per heavy atom. The van der Waals surface area contributed by atoms with Crippen LogP contribution in [0.3, 0.4) is 0 Å². The van der Waals surface area contributed by atoms with Crippen molar-refractivity contribution in [3.8, 4) is 0 Å². The van der Waals surface area contributed by atoms with Crippen LogP contribution in [0.4, 0.5) is 0 Å². The lowest BCUT2D eigenvalue weighted by atomic mass is 9.84. The minimum absolute atomic E-state index is 0.162. The summed E-state index contributed by atoms with van der Waals surface area (Å²) in [5.41, 5.74) is 12.5. The minimum atomic E-state index is -4.01. The number of hydrogen-bond donors (Lipinski definition) is 1. The van der Waals surface area contributed by atoms with E-state index in [1.807, 2.05) is 78.9 Å². The van der Waals surface area contributed by atoms with Crippen LogP contribution in [0.1, 0.15) is 23.1 Å². The van der Waals surface area contributed by atoms with Crippen molar-refractivity contribution in [3.05, 3.63) is 156 Å². The fourth-order valence-corrected chi connectivity index (χ4v) is 9.74. The van der Waals surface area contributed by atoms with Crippen molar-refractivity contribution in [2.24, 2.45) is 0 Å². The van der Waals surface area contributed by atoms with E-state index in [0.717, 1.165) is 33.7 Å². The van der Waals surface area contributed by atoms with Crippen LogP contribution in [-0.2, 0) is 14.8 Å². The molecule has 1 fully saturated rings. The van der Waals surface area contributed by atoms with Crippen LogP contribution in [0.25, 0.3) is 16.3 Å². The van der Waals surface area contributed by atoms with Crippen LogP contribution >= 0.6 is 11.8 Å². The molecule has 1 aliphatic rings. The van der Waals surface area contributed by atoms with E-state index in [-0.39, 0.29) is 16.7 Å². The first kappa shape index (κ1) is 29.1. The Bertz CT molecular complexity index is 1770. The molecule has 1 heterocycles. The maximum Gasteiger partial charge on any atom is 0.287 e. The molecular weight excluding hydrogens is 575 g/mol. The first-order valence-electron chi connectivity index (χ1n) is 14.1. The molecular formula is C35H31N3O3S2. The number of sulfonamides is 1. The van der Waals surface area contributed by atoms with Gasteiger partial charge in [-0.05, 0) is 46.0 Å². The molecule has 6 rings (SSSR count).